The van der Waals surface area contributed by atoms with Gasteiger partial charge in [-0.3, -0.25) is 10.1 Å². The summed E-state index contributed by atoms with van der Waals surface area (Å²) in [4.78, 5) is 23.0. The Balaban J connectivity index is 2.15. The lowest BCUT2D eigenvalue weighted by molar-refractivity contribution is -0.143. The number of rotatable bonds is 23. The largest absolute Gasteiger partial charge is 0.494 e. The van der Waals surface area contributed by atoms with Crippen LogP contribution < -0.4 is 15.8 Å². The predicted octanol–water partition coefficient (Wildman–Crippen LogP) is 6.80. The van der Waals surface area contributed by atoms with Gasteiger partial charge in [-0.05, 0) is 24.1 Å². The number of aliphatic carboxylic acids is 1. The van der Waals surface area contributed by atoms with Gasteiger partial charge in [0.2, 0.25) is 0 Å². The molecule has 0 spiro atoms. The van der Waals surface area contributed by atoms with Crippen LogP contribution in [0.4, 0.5) is 5.69 Å². The van der Waals surface area contributed by atoms with Crippen LogP contribution in [0.1, 0.15) is 121 Å². The normalized spacial score (nSPS) is 11.8. The second-order valence-electron chi connectivity index (χ2n) is 9.72. The van der Waals surface area contributed by atoms with Crippen molar-refractivity contribution < 1.29 is 24.2 Å². The van der Waals surface area contributed by atoms with Crippen LogP contribution in [-0.2, 0) is 14.3 Å². The minimum atomic E-state index is -1.06. The summed E-state index contributed by atoms with van der Waals surface area (Å²) in [6.45, 7) is 2.47. The highest BCUT2D eigenvalue weighted by Gasteiger charge is 2.23. The molecule has 1 aromatic carbocycles. The molecule has 0 aliphatic rings. The molecule has 0 heterocycles. The van der Waals surface area contributed by atoms with E-state index < -0.39 is 18.0 Å². The SMILES string of the molecule is CCCCCCCCCCCCCCCCCCOc1cc(N)cc(C(NCC(=O)O)C(=O)OC)c1. The quantitative estimate of drug-likeness (QED) is 0.0850. The molecule has 36 heavy (non-hydrogen) atoms. The maximum Gasteiger partial charge on any atom is 0.327 e. The molecular weight excluding hydrogens is 456 g/mol. The average Bonchev–Trinajstić information content (AvgIpc) is 2.85. The lowest BCUT2D eigenvalue weighted by atomic mass is 10.0. The molecule has 0 aliphatic carbocycles. The van der Waals surface area contributed by atoms with Crippen molar-refractivity contribution in [2.24, 2.45) is 0 Å². The number of carboxylic acid groups (broad SMARTS) is 1. The van der Waals surface area contributed by atoms with E-state index in [1.807, 2.05) is 0 Å². The van der Waals surface area contributed by atoms with Gasteiger partial charge in [0, 0.05) is 11.8 Å². The topological polar surface area (TPSA) is 111 Å². The van der Waals surface area contributed by atoms with Gasteiger partial charge in [0.25, 0.3) is 0 Å². The van der Waals surface area contributed by atoms with Crippen LogP contribution in [0.3, 0.4) is 0 Å². The molecule has 1 unspecified atom stereocenters. The second kappa shape index (κ2) is 20.9. The van der Waals surface area contributed by atoms with Gasteiger partial charge in [-0.15, -0.1) is 0 Å². The molecule has 4 N–H and O–H groups in total. The van der Waals surface area contributed by atoms with Crippen molar-refractivity contribution in [3.8, 4) is 5.75 Å². The fraction of sp³-hybridized carbons (Fsp3) is 0.724. The highest BCUT2D eigenvalue weighted by molar-refractivity contribution is 5.79. The predicted molar refractivity (Wildman–Crippen MR) is 146 cm³/mol. The Kier molecular flexibility index (Phi) is 18.4. The van der Waals surface area contributed by atoms with E-state index in [1.165, 1.54) is 97.0 Å². The van der Waals surface area contributed by atoms with E-state index in [9.17, 15) is 9.59 Å². The first-order valence-electron chi connectivity index (χ1n) is 14.0. The highest BCUT2D eigenvalue weighted by atomic mass is 16.5. The fourth-order valence-electron chi connectivity index (χ4n) is 4.38. The molecule has 0 bridgehead atoms. The van der Waals surface area contributed by atoms with Crippen molar-refractivity contribution in [2.75, 3.05) is 26.0 Å². The van der Waals surface area contributed by atoms with E-state index in [0.717, 1.165) is 12.8 Å². The Bertz CT molecular complexity index is 726. The van der Waals surface area contributed by atoms with Crippen molar-refractivity contribution in [1.29, 1.82) is 0 Å². The van der Waals surface area contributed by atoms with Crippen molar-refractivity contribution >= 4 is 17.6 Å². The molecule has 7 heteroatoms. The third kappa shape index (κ3) is 15.7. The van der Waals surface area contributed by atoms with Gasteiger partial charge in [-0.25, -0.2) is 4.79 Å². The number of ether oxygens (including phenoxy) is 2. The summed E-state index contributed by atoms with van der Waals surface area (Å²) in [5.41, 5.74) is 6.95. The maximum absolute atomic E-state index is 12.1. The number of methoxy groups -OCH3 is 1. The molecule has 1 atom stereocenters. The smallest absolute Gasteiger partial charge is 0.327 e. The van der Waals surface area contributed by atoms with Gasteiger partial charge in [0.1, 0.15) is 11.8 Å². The zero-order valence-corrected chi connectivity index (χ0v) is 22.7. The molecule has 0 fully saturated rings. The molecule has 0 radical (unpaired) electrons. The Morgan fingerprint density at radius 3 is 1.81 bits per heavy atom. The average molecular weight is 507 g/mol. The molecule has 0 aliphatic heterocycles. The number of carboxylic acids is 1. The monoisotopic (exact) mass is 506 g/mol. The number of hydrogen-bond acceptors (Lipinski definition) is 6. The number of nitrogens with one attached hydrogen (secondary N) is 1. The van der Waals surface area contributed by atoms with E-state index in [1.54, 1.807) is 18.2 Å². The van der Waals surface area contributed by atoms with E-state index in [2.05, 4.69) is 12.2 Å². The minimum absolute atomic E-state index is 0.371. The molecule has 0 aromatic heterocycles. The van der Waals surface area contributed by atoms with E-state index in [4.69, 9.17) is 20.3 Å². The van der Waals surface area contributed by atoms with E-state index in [-0.39, 0.29) is 6.54 Å². The number of anilines is 1. The van der Waals surface area contributed by atoms with Gasteiger partial charge in [0.05, 0.1) is 20.3 Å². The summed E-state index contributed by atoms with van der Waals surface area (Å²) in [5, 5.41) is 11.6. The fourth-order valence-corrected chi connectivity index (χ4v) is 4.38. The number of esters is 1. The zero-order chi connectivity index (χ0) is 26.4. The lowest BCUT2D eigenvalue weighted by Gasteiger charge is -2.17. The number of benzene rings is 1. The van der Waals surface area contributed by atoms with Crippen LogP contribution in [0.2, 0.25) is 0 Å². The van der Waals surface area contributed by atoms with Crippen LogP contribution in [0, 0.1) is 0 Å². The third-order valence-electron chi connectivity index (χ3n) is 6.45. The van der Waals surface area contributed by atoms with Gasteiger partial charge in [-0.1, -0.05) is 103 Å². The third-order valence-corrected chi connectivity index (χ3v) is 6.45. The van der Waals surface area contributed by atoms with Crippen LogP contribution >= 0.6 is 0 Å². The zero-order valence-electron chi connectivity index (χ0n) is 22.7. The number of unbranched alkanes of at least 4 members (excludes halogenated alkanes) is 15. The number of hydrogen-bond donors (Lipinski definition) is 3. The number of carbonyl (C=O) groups excluding carboxylic acids is 1. The Morgan fingerprint density at radius 2 is 1.33 bits per heavy atom. The molecule has 0 amide bonds. The van der Waals surface area contributed by atoms with Gasteiger partial charge >= 0.3 is 11.9 Å². The Morgan fingerprint density at radius 1 is 0.833 bits per heavy atom. The summed E-state index contributed by atoms with van der Waals surface area (Å²) in [6.07, 6.45) is 21.2. The highest BCUT2D eigenvalue weighted by Crippen LogP contribution is 2.25. The van der Waals surface area contributed by atoms with Crippen molar-refractivity contribution in [1.82, 2.24) is 5.32 Å². The molecule has 1 aromatic rings. The Labute approximate surface area is 218 Å². The number of carbonyl (C=O) groups is 2. The summed E-state index contributed by atoms with van der Waals surface area (Å²) >= 11 is 0. The number of nitrogens with two attached hydrogens (primary N) is 1. The lowest BCUT2D eigenvalue weighted by Crippen LogP contribution is -2.33. The molecular formula is C29H50N2O5. The Hall–Kier alpha value is -2.28. The van der Waals surface area contributed by atoms with Gasteiger partial charge in [-0.2, -0.15) is 0 Å². The van der Waals surface area contributed by atoms with Crippen LogP contribution in [0.15, 0.2) is 18.2 Å². The first-order chi connectivity index (χ1) is 17.5. The maximum atomic E-state index is 12.1. The van der Waals surface area contributed by atoms with E-state index >= 15 is 0 Å². The van der Waals surface area contributed by atoms with Gasteiger partial charge in [0.15, 0.2) is 0 Å². The summed E-state index contributed by atoms with van der Waals surface area (Å²) in [6, 6.07) is 4.12. The van der Waals surface area contributed by atoms with Crippen molar-refractivity contribution in [3.63, 3.8) is 0 Å². The molecule has 0 saturated heterocycles. The van der Waals surface area contributed by atoms with Crippen LogP contribution in [0.5, 0.6) is 5.75 Å². The van der Waals surface area contributed by atoms with Crippen LogP contribution in [-0.4, -0.2) is 37.3 Å². The summed E-state index contributed by atoms with van der Waals surface area (Å²) in [5.74, 6) is -1.07. The first-order valence-corrected chi connectivity index (χ1v) is 14.0. The summed E-state index contributed by atoms with van der Waals surface area (Å²) in [7, 11) is 1.26. The molecule has 7 nitrogen and oxygen atoms in total. The first kappa shape index (κ1) is 31.7. The second-order valence-corrected chi connectivity index (χ2v) is 9.72. The van der Waals surface area contributed by atoms with Crippen molar-refractivity contribution in [2.45, 2.75) is 116 Å². The molecule has 206 valence electrons. The summed E-state index contributed by atoms with van der Waals surface area (Å²) < 4.78 is 10.7. The number of nitrogen functional groups attached to an aromatic ring is 1. The van der Waals surface area contributed by atoms with Crippen molar-refractivity contribution in [3.05, 3.63) is 23.8 Å². The molecule has 0 saturated carbocycles. The van der Waals surface area contributed by atoms with Gasteiger partial charge < -0.3 is 20.3 Å². The van der Waals surface area contributed by atoms with E-state index in [0.29, 0.717) is 23.6 Å². The molecule has 1 rings (SSSR count). The standard InChI is InChI=1S/C29H50N2O5/c1-3-4-5-6-7-8-9-10-11-12-13-14-15-16-17-18-19-36-26-21-24(20-25(30)22-26)28(29(34)35-2)31-23-27(32)33/h20-22,28,31H,3-19,23,30H2,1-2H3,(H,32,33). The van der Waals surface area contributed by atoms with Crippen LogP contribution in [0.25, 0.3) is 0 Å². The minimum Gasteiger partial charge on any atom is -0.494 e.